The topological polar surface area (TPSA) is 34.1 Å². The molecule has 0 aromatic heterocycles. The van der Waals surface area contributed by atoms with Gasteiger partial charge in [0.25, 0.3) is 0 Å². The van der Waals surface area contributed by atoms with E-state index in [1.54, 1.807) is 13.8 Å². The van der Waals surface area contributed by atoms with Crippen molar-refractivity contribution in [1.82, 2.24) is 0 Å². The van der Waals surface area contributed by atoms with E-state index in [1.165, 1.54) is 0 Å². The van der Waals surface area contributed by atoms with Crippen molar-refractivity contribution in [3.05, 3.63) is 35.4 Å². The van der Waals surface area contributed by atoms with Gasteiger partial charge in [-0.05, 0) is 25.0 Å². The van der Waals surface area contributed by atoms with Crippen LogP contribution in [0.25, 0.3) is 0 Å². The summed E-state index contributed by atoms with van der Waals surface area (Å²) in [5, 5.41) is 0. The summed E-state index contributed by atoms with van der Waals surface area (Å²) < 4.78 is 0. The third kappa shape index (κ3) is 3.52. The molecule has 0 aliphatic rings. The Morgan fingerprint density at radius 2 is 1.43 bits per heavy atom. The number of ketones is 2. The van der Waals surface area contributed by atoms with Gasteiger partial charge in [-0.3, -0.25) is 9.59 Å². The standard InChI is InChI=1S/C12H14O2/c1-9(13)6-11-4-3-5-12(8-11)7-10(2)14/h3-5,8H,6-7H2,1-2H3. The summed E-state index contributed by atoms with van der Waals surface area (Å²) in [5.41, 5.74) is 1.97. The molecule has 0 saturated heterocycles. The maximum absolute atomic E-state index is 10.9. The smallest absolute Gasteiger partial charge is 0.134 e. The molecule has 0 bridgehead atoms. The lowest BCUT2D eigenvalue weighted by Gasteiger charge is -2.01. The summed E-state index contributed by atoms with van der Waals surface area (Å²) in [4.78, 5) is 21.8. The van der Waals surface area contributed by atoms with Gasteiger partial charge in [-0.15, -0.1) is 0 Å². The molecule has 0 radical (unpaired) electrons. The Hall–Kier alpha value is -1.44. The van der Waals surface area contributed by atoms with Crippen molar-refractivity contribution in [1.29, 1.82) is 0 Å². The second-order valence-electron chi connectivity index (χ2n) is 3.58. The van der Waals surface area contributed by atoms with Crippen molar-refractivity contribution in [2.45, 2.75) is 26.7 Å². The first-order valence-corrected chi connectivity index (χ1v) is 4.64. The number of rotatable bonds is 4. The maximum atomic E-state index is 10.9. The summed E-state index contributed by atoms with van der Waals surface area (Å²) >= 11 is 0. The van der Waals surface area contributed by atoms with Crippen LogP contribution in [0.2, 0.25) is 0 Å². The molecule has 0 saturated carbocycles. The summed E-state index contributed by atoms with van der Waals surface area (Å²) in [6.07, 6.45) is 0.900. The van der Waals surface area contributed by atoms with Crippen molar-refractivity contribution < 1.29 is 9.59 Å². The SMILES string of the molecule is CC(=O)Cc1cccc(CC(C)=O)c1. The molecule has 0 N–H and O–H groups in total. The quantitative estimate of drug-likeness (QED) is 0.727. The van der Waals surface area contributed by atoms with E-state index in [-0.39, 0.29) is 11.6 Å². The van der Waals surface area contributed by atoms with E-state index in [0.717, 1.165) is 11.1 Å². The molecule has 0 amide bonds. The highest BCUT2D eigenvalue weighted by Crippen LogP contribution is 2.07. The number of hydrogen-bond donors (Lipinski definition) is 0. The van der Waals surface area contributed by atoms with E-state index in [9.17, 15) is 9.59 Å². The molecule has 0 spiro atoms. The predicted molar refractivity (Wildman–Crippen MR) is 55.2 cm³/mol. The average Bonchev–Trinajstić information content (AvgIpc) is 2.01. The molecule has 0 atom stereocenters. The zero-order valence-corrected chi connectivity index (χ0v) is 8.54. The van der Waals surface area contributed by atoms with Crippen molar-refractivity contribution in [2.75, 3.05) is 0 Å². The molecule has 0 fully saturated rings. The fourth-order valence-electron chi connectivity index (χ4n) is 1.42. The molecule has 1 aromatic rings. The van der Waals surface area contributed by atoms with Crippen LogP contribution in [0.1, 0.15) is 25.0 Å². The molecule has 1 aromatic carbocycles. The maximum Gasteiger partial charge on any atom is 0.134 e. The van der Waals surface area contributed by atoms with Crippen LogP contribution in [0, 0.1) is 0 Å². The number of benzene rings is 1. The van der Waals surface area contributed by atoms with E-state index in [2.05, 4.69) is 0 Å². The molecule has 0 aliphatic heterocycles. The minimum Gasteiger partial charge on any atom is -0.300 e. The highest BCUT2D eigenvalue weighted by molar-refractivity contribution is 5.79. The molecule has 0 unspecified atom stereocenters. The minimum absolute atomic E-state index is 0.143. The van der Waals surface area contributed by atoms with Crippen LogP contribution in [0.5, 0.6) is 0 Å². The average molecular weight is 190 g/mol. The van der Waals surface area contributed by atoms with Crippen LogP contribution < -0.4 is 0 Å². The molecule has 2 nitrogen and oxygen atoms in total. The Labute approximate surface area is 83.9 Å². The molecule has 1 rings (SSSR count). The Kier molecular flexibility index (Phi) is 3.57. The first-order valence-electron chi connectivity index (χ1n) is 4.64. The number of hydrogen-bond acceptors (Lipinski definition) is 2. The van der Waals surface area contributed by atoms with Gasteiger partial charge in [0, 0.05) is 12.8 Å². The van der Waals surface area contributed by atoms with E-state index in [4.69, 9.17) is 0 Å². The van der Waals surface area contributed by atoms with Crippen LogP contribution in [0.3, 0.4) is 0 Å². The zero-order valence-electron chi connectivity index (χ0n) is 8.54. The highest BCUT2D eigenvalue weighted by atomic mass is 16.1. The zero-order chi connectivity index (χ0) is 10.6. The van der Waals surface area contributed by atoms with E-state index < -0.39 is 0 Å². The van der Waals surface area contributed by atoms with Gasteiger partial charge < -0.3 is 0 Å². The van der Waals surface area contributed by atoms with Crippen molar-refractivity contribution >= 4 is 11.6 Å². The monoisotopic (exact) mass is 190 g/mol. The second kappa shape index (κ2) is 4.70. The Morgan fingerprint density at radius 3 is 1.79 bits per heavy atom. The van der Waals surface area contributed by atoms with Crippen LogP contribution in [-0.2, 0) is 22.4 Å². The molecular formula is C12H14O2. The lowest BCUT2D eigenvalue weighted by molar-refractivity contribution is -0.117. The normalized spacial score (nSPS) is 9.86. The molecule has 0 aliphatic carbocycles. The number of carbonyl (C=O) groups excluding carboxylic acids is 2. The van der Waals surface area contributed by atoms with Crippen LogP contribution in [-0.4, -0.2) is 11.6 Å². The van der Waals surface area contributed by atoms with Gasteiger partial charge in [0.2, 0.25) is 0 Å². The lowest BCUT2D eigenvalue weighted by atomic mass is 10.0. The van der Waals surface area contributed by atoms with Crippen molar-refractivity contribution in [3.8, 4) is 0 Å². The summed E-state index contributed by atoms with van der Waals surface area (Å²) in [5.74, 6) is 0.287. The number of Topliss-reactive ketones (excluding diaryl/α,β-unsaturated/α-hetero) is 2. The van der Waals surface area contributed by atoms with Crippen molar-refractivity contribution in [2.24, 2.45) is 0 Å². The van der Waals surface area contributed by atoms with Gasteiger partial charge in [0.05, 0.1) is 0 Å². The fraction of sp³-hybridized carbons (Fsp3) is 0.333. The molecular weight excluding hydrogens is 176 g/mol. The first-order chi connectivity index (χ1) is 6.58. The molecule has 2 heteroatoms. The van der Waals surface area contributed by atoms with Crippen LogP contribution in [0.15, 0.2) is 24.3 Å². The minimum atomic E-state index is 0.143. The largest absolute Gasteiger partial charge is 0.300 e. The second-order valence-corrected chi connectivity index (χ2v) is 3.58. The van der Waals surface area contributed by atoms with Crippen LogP contribution in [0.4, 0.5) is 0 Å². The highest BCUT2D eigenvalue weighted by Gasteiger charge is 2.01. The summed E-state index contributed by atoms with van der Waals surface area (Å²) in [7, 11) is 0. The van der Waals surface area contributed by atoms with Crippen LogP contribution >= 0.6 is 0 Å². The van der Waals surface area contributed by atoms with Gasteiger partial charge in [-0.1, -0.05) is 24.3 Å². The number of carbonyl (C=O) groups is 2. The van der Waals surface area contributed by atoms with E-state index in [1.807, 2.05) is 24.3 Å². The molecule has 14 heavy (non-hydrogen) atoms. The van der Waals surface area contributed by atoms with Gasteiger partial charge in [-0.25, -0.2) is 0 Å². The van der Waals surface area contributed by atoms with E-state index >= 15 is 0 Å². The van der Waals surface area contributed by atoms with Gasteiger partial charge in [-0.2, -0.15) is 0 Å². The van der Waals surface area contributed by atoms with E-state index in [0.29, 0.717) is 12.8 Å². The third-order valence-corrected chi connectivity index (χ3v) is 1.90. The Morgan fingerprint density at radius 1 is 1.00 bits per heavy atom. The van der Waals surface area contributed by atoms with Gasteiger partial charge in [0.15, 0.2) is 0 Å². The summed E-state index contributed by atoms with van der Waals surface area (Å²) in [6, 6.07) is 7.62. The third-order valence-electron chi connectivity index (χ3n) is 1.90. The fourth-order valence-corrected chi connectivity index (χ4v) is 1.42. The Bertz CT molecular complexity index is 322. The Balaban J connectivity index is 2.78. The molecule has 0 heterocycles. The van der Waals surface area contributed by atoms with Gasteiger partial charge in [0.1, 0.15) is 11.6 Å². The summed E-state index contributed by atoms with van der Waals surface area (Å²) in [6.45, 7) is 3.13. The first kappa shape index (κ1) is 10.6. The van der Waals surface area contributed by atoms with Crippen molar-refractivity contribution in [3.63, 3.8) is 0 Å². The van der Waals surface area contributed by atoms with Gasteiger partial charge >= 0.3 is 0 Å². The molecule has 74 valence electrons. The lowest BCUT2D eigenvalue weighted by Crippen LogP contribution is -2.00. The predicted octanol–water partition coefficient (Wildman–Crippen LogP) is 1.95.